The number of rotatable bonds is 4. The minimum absolute atomic E-state index is 0.647. The molecule has 2 rings (SSSR count). The van der Waals surface area contributed by atoms with Crippen molar-refractivity contribution in [3.05, 3.63) is 47.3 Å². The molecule has 0 atom stereocenters. The van der Waals surface area contributed by atoms with Crippen LogP contribution in [0.2, 0.25) is 0 Å². The molecule has 0 saturated carbocycles. The largest absolute Gasteiger partial charge is 0.313 e. The van der Waals surface area contributed by atoms with E-state index in [0.29, 0.717) is 5.56 Å². The highest BCUT2D eigenvalue weighted by Gasteiger charge is 2.06. The molecular weight excluding hydrogens is 224 g/mol. The second kappa shape index (κ2) is 5.48. The van der Waals surface area contributed by atoms with Gasteiger partial charge in [0.1, 0.15) is 0 Å². The summed E-state index contributed by atoms with van der Waals surface area (Å²) in [5.41, 5.74) is 3.76. The van der Waals surface area contributed by atoms with Gasteiger partial charge in [-0.15, -0.1) is 0 Å². The first-order valence-corrected chi connectivity index (χ1v) is 6.01. The Balaban J connectivity index is 2.30. The summed E-state index contributed by atoms with van der Waals surface area (Å²) in [5, 5.41) is 16.7. The van der Waals surface area contributed by atoms with Crippen LogP contribution in [0.5, 0.6) is 0 Å². The molecule has 92 valence electrons. The molecule has 4 nitrogen and oxygen atoms in total. The van der Waals surface area contributed by atoms with Gasteiger partial charge in [0.15, 0.2) is 0 Å². The van der Waals surface area contributed by atoms with Crippen LogP contribution in [0.1, 0.15) is 23.7 Å². The Morgan fingerprint density at radius 2 is 2.28 bits per heavy atom. The van der Waals surface area contributed by atoms with Crippen molar-refractivity contribution >= 4 is 0 Å². The lowest BCUT2D eigenvalue weighted by atomic mass is 10.2. The van der Waals surface area contributed by atoms with Crippen LogP contribution in [0, 0.1) is 18.3 Å². The number of nitriles is 1. The molecule has 0 amide bonds. The van der Waals surface area contributed by atoms with E-state index in [0.717, 1.165) is 24.5 Å². The molecule has 18 heavy (non-hydrogen) atoms. The third-order valence-corrected chi connectivity index (χ3v) is 2.81. The molecule has 0 aliphatic carbocycles. The van der Waals surface area contributed by atoms with E-state index in [4.69, 9.17) is 5.26 Å². The van der Waals surface area contributed by atoms with Gasteiger partial charge in [0.05, 0.1) is 23.0 Å². The maximum atomic E-state index is 8.90. The summed E-state index contributed by atoms with van der Waals surface area (Å²) < 4.78 is 1.82. The van der Waals surface area contributed by atoms with Gasteiger partial charge in [0.2, 0.25) is 0 Å². The Kier molecular flexibility index (Phi) is 3.75. The van der Waals surface area contributed by atoms with Crippen molar-refractivity contribution < 1.29 is 0 Å². The van der Waals surface area contributed by atoms with Crippen molar-refractivity contribution in [3.8, 4) is 11.8 Å². The Labute approximate surface area is 107 Å². The SMILES string of the molecule is CCNCc1cn(-c2cccc(C#N)c2)nc1C. The van der Waals surface area contributed by atoms with Crippen LogP contribution >= 0.6 is 0 Å². The maximum Gasteiger partial charge on any atom is 0.0992 e. The predicted octanol–water partition coefficient (Wildman–Crippen LogP) is 2.16. The van der Waals surface area contributed by atoms with E-state index in [9.17, 15) is 0 Å². The Morgan fingerprint density at radius 1 is 1.44 bits per heavy atom. The van der Waals surface area contributed by atoms with Gasteiger partial charge in [0.25, 0.3) is 0 Å². The second-order valence-corrected chi connectivity index (χ2v) is 4.13. The Hall–Kier alpha value is -2.12. The molecule has 0 radical (unpaired) electrons. The van der Waals surface area contributed by atoms with Gasteiger partial charge in [-0.1, -0.05) is 13.0 Å². The maximum absolute atomic E-state index is 8.90. The lowest BCUT2D eigenvalue weighted by Gasteiger charge is -2.01. The van der Waals surface area contributed by atoms with Gasteiger partial charge >= 0.3 is 0 Å². The average Bonchev–Trinajstić information content (AvgIpc) is 2.78. The molecule has 1 N–H and O–H groups in total. The smallest absolute Gasteiger partial charge is 0.0992 e. The molecule has 4 heteroatoms. The zero-order valence-electron chi connectivity index (χ0n) is 10.6. The minimum Gasteiger partial charge on any atom is -0.313 e. The summed E-state index contributed by atoms with van der Waals surface area (Å²) in [6, 6.07) is 9.59. The molecular formula is C14H16N4. The highest BCUT2D eigenvalue weighted by atomic mass is 15.3. The molecule has 0 aliphatic heterocycles. The van der Waals surface area contributed by atoms with Crippen LogP contribution in [0.15, 0.2) is 30.5 Å². The van der Waals surface area contributed by atoms with Gasteiger partial charge in [-0.2, -0.15) is 10.4 Å². The van der Waals surface area contributed by atoms with Crippen molar-refractivity contribution in [2.75, 3.05) is 6.54 Å². The van der Waals surface area contributed by atoms with Crippen molar-refractivity contribution in [1.82, 2.24) is 15.1 Å². The molecule has 0 aliphatic rings. The van der Waals surface area contributed by atoms with Crippen molar-refractivity contribution in [1.29, 1.82) is 5.26 Å². The summed E-state index contributed by atoms with van der Waals surface area (Å²) in [6.07, 6.45) is 2.01. The van der Waals surface area contributed by atoms with Crippen LogP contribution in [-0.4, -0.2) is 16.3 Å². The zero-order chi connectivity index (χ0) is 13.0. The fourth-order valence-electron chi connectivity index (χ4n) is 1.78. The zero-order valence-corrected chi connectivity index (χ0v) is 10.6. The van der Waals surface area contributed by atoms with E-state index in [1.807, 2.05) is 36.0 Å². The van der Waals surface area contributed by atoms with Crippen molar-refractivity contribution in [3.63, 3.8) is 0 Å². The third-order valence-electron chi connectivity index (χ3n) is 2.81. The summed E-state index contributed by atoms with van der Waals surface area (Å²) in [4.78, 5) is 0. The Morgan fingerprint density at radius 3 is 3.00 bits per heavy atom. The molecule has 1 aromatic carbocycles. The number of aryl methyl sites for hydroxylation is 1. The molecule has 1 aromatic heterocycles. The van der Waals surface area contributed by atoms with E-state index in [2.05, 4.69) is 23.4 Å². The Bertz CT molecular complexity index is 578. The second-order valence-electron chi connectivity index (χ2n) is 4.13. The van der Waals surface area contributed by atoms with Crippen LogP contribution in [0.25, 0.3) is 5.69 Å². The average molecular weight is 240 g/mol. The van der Waals surface area contributed by atoms with E-state index < -0.39 is 0 Å². The standard InChI is InChI=1S/C14H16N4/c1-3-16-9-13-10-18(17-11(13)2)14-6-4-5-12(7-14)8-15/h4-7,10,16H,3,9H2,1-2H3. The first kappa shape index (κ1) is 12.3. The fourth-order valence-corrected chi connectivity index (χ4v) is 1.78. The van der Waals surface area contributed by atoms with Crippen molar-refractivity contribution in [2.24, 2.45) is 0 Å². The number of hydrogen-bond donors (Lipinski definition) is 1. The first-order valence-electron chi connectivity index (χ1n) is 6.01. The van der Waals surface area contributed by atoms with Crippen LogP contribution in [0.3, 0.4) is 0 Å². The summed E-state index contributed by atoms with van der Waals surface area (Å²) in [7, 11) is 0. The van der Waals surface area contributed by atoms with Crippen molar-refractivity contribution in [2.45, 2.75) is 20.4 Å². The highest BCUT2D eigenvalue weighted by molar-refractivity contribution is 5.41. The normalized spacial score (nSPS) is 10.3. The summed E-state index contributed by atoms with van der Waals surface area (Å²) in [5.74, 6) is 0. The number of hydrogen-bond acceptors (Lipinski definition) is 3. The monoisotopic (exact) mass is 240 g/mol. The quantitative estimate of drug-likeness (QED) is 0.891. The molecule has 1 heterocycles. The minimum atomic E-state index is 0.647. The number of benzene rings is 1. The number of aromatic nitrogens is 2. The molecule has 0 spiro atoms. The number of nitrogens with zero attached hydrogens (tertiary/aromatic N) is 3. The first-order chi connectivity index (χ1) is 8.74. The lowest BCUT2D eigenvalue weighted by molar-refractivity contribution is 0.723. The van der Waals surface area contributed by atoms with E-state index >= 15 is 0 Å². The van der Waals surface area contributed by atoms with Gasteiger partial charge in [-0.05, 0) is 31.7 Å². The molecule has 0 saturated heterocycles. The van der Waals surface area contributed by atoms with E-state index in [1.54, 1.807) is 6.07 Å². The van der Waals surface area contributed by atoms with Crippen LogP contribution in [0.4, 0.5) is 0 Å². The molecule has 0 unspecified atom stereocenters. The van der Waals surface area contributed by atoms with E-state index in [1.165, 1.54) is 5.56 Å². The summed E-state index contributed by atoms with van der Waals surface area (Å²) in [6.45, 7) is 5.84. The van der Waals surface area contributed by atoms with Gasteiger partial charge in [-0.25, -0.2) is 4.68 Å². The third kappa shape index (κ3) is 2.58. The topological polar surface area (TPSA) is 53.6 Å². The fraction of sp³-hybridized carbons (Fsp3) is 0.286. The van der Waals surface area contributed by atoms with Gasteiger partial charge in [-0.3, -0.25) is 0 Å². The number of nitrogens with one attached hydrogen (secondary N) is 1. The van der Waals surface area contributed by atoms with Gasteiger partial charge in [0, 0.05) is 18.3 Å². The lowest BCUT2D eigenvalue weighted by Crippen LogP contribution is -2.11. The van der Waals surface area contributed by atoms with Crippen LogP contribution in [-0.2, 0) is 6.54 Å². The van der Waals surface area contributed by atoms with Gasteiger partial charge < -0.3 is 5.32 Å². The van der Waals surface area contributed by atoms with E-state index in [-0.39, 0.29) is 0 Å². The molecule has 2 aromatic rings. The van der Waals surface area contributed by atoms with Crippen LogP contribution < -0.4 is 5.32 Å². The predicted molar refractivity (Wildman–Crippen MR) is 70.4 cm³/mol. The highest BCUT2D eigenvalue weighted by Crippen LogP contribution is 2.13. The summed E-state index contributed by atoms with van der Waals surface area (Å²) >= 11 is 0. The molecule has 0 bridgehead atoms. The molecule has 0 fully saturated rings.